The van der Waals surface area contributed by atoms with Crippen LogP contribution in [0.4, 0.5) is 13.2 Å². The predicted molar refractivity (Wildman–Crippen MR) is 97.4 cm³/mol. The summed E-state index contributed by atoms with van der Waals surface area (Å²) in [5.74, 6) is 0.769. The highest BCUT2D eigenvalue weighted by atomic mass is 19.4. The van der Waals surface area contributed by atoms with Crippen molar-refractivity contribution in [2.45, 2.75) is 26.4 Å². The van der Waals surface area contributed by atoms with Gasteiger partial charge in [0.05, 0.1) is 5.56 Å². The molecule has 7 nitrogen and oxygen atoms in total. The van der Waals surface area contributed by atoms with Crippen LogP contribution in [0.25, 0.3) is 16.8 Å². The summed E-state index contributed by atoms with van der Waals surface area (Å²) in [6.45, 7) is 3.64. The van der Waals surface area contributed by atoms with Gasteiger partial charge in [-0.3, -0.25) is 0 Å². The summed E-state index contributed by atoms with van der Waals surface area (Å²) in [4.78, 5) is 7.86. The van der Waals surface area contributed by atoms with Gasteiger partial charge in [-0.2, -0.15) is 17.7 Å². The summed E-state index contributed by atoms with van der Waals surface area (Å²) in [6.07, 6.45) is 0.417. The summed E-state index contributed by atoms with van der Waals surface area (Å²) >= 11 is 0. The van der Waals surface area contributed by atoms with E-state index in [1.54, 1.807) is 13.0 Å². The van der Waals surface area contributed by atoms with E-state index in [1.807, 2.05) is 6.92 Å². The lowest BCUT2D eigenvalue weighted by Gasteiger charge is -2.15. The van der Waals surface area contributed by atoms with Gasteiger partial charge in [0.1, 0.15) is 12.1 Å². The first-order chi connectivity index (χ1) is 13.9. The average Bonchev–Trinajstić information content (AvgIpc) is 3.10. The molecule has 0 aliphatic heterocycles. The maximum Gasteiger partial charge on any atom is 0.416 e. The first kappa shape index (κ1) is 18.8. The van der Waals surface area contributed by atoms with Gasteiger partial charge in [0.25, 0.3) is 0 Å². The third-order valence-corrected chi connectivity index (χ3v) is 4.31. The van der Waals surface area contributed by atoms with Crippen molar-refractivity contribution in [1.29, 1.82) is 0 Å². The number of hydrogen-bond donors (Lipinski definition) is 0. The molecule has 0 saturated heterocycles. The number of ether oxygens (including phenoxy) is 1. The van der Waals surface area contributed by atoms with Crippen LogP contribution in [0.5, 0.6) is 11.6 Å². The maximum absolute atomic E-state index is 13.3. The van der Waals surface area contributed by atoms with Crippen molar-refractivity contribution < 1.29 is 17.9 Å². The van der Waals surface area contributed by atoms with Crippen LogP contribution in [-0.2, 0) is 12.6 Å². The number of aryl methyl sites for hydroxylation is 2. The Kier molecular flexibility index (Phi) is 4.61. The molecule has 0 saturated carbocycles. The number of rotatable bonds is 4. The van der Waals surface area contributed by atoms with E-state index in [1.165, 1.54) is 29.3 Å². The van der Waals surface area contributed by atoms with Crippen LogP contribution in [0, 0.1) is 6.92 Å². The number of aromatic nitrogens is 6. The molecule has 1 aromatic carbocycles. The molecule has 0 amide bonds. The monoisotopic (exact) mass is 400 g/mol. The van der Waals surface area contributed by atoms with Crippen LogP contribution in [0.2, 0.25) is 0 Å². The van der Waals surface area contributed by atoms with Gasteiger partial charge in [-0.25, -0.2) is 9.97 Å². The molecule has 0 unspecified atom stereocenters. The lowest BCUT2D eigenvalue weighted by atomic mass is 10.0. The Morgan fingerprint density at radius 1 is 1.07 bits per heavy atom. The highest BCUT2D eigenvalue weighted by Crippen LogP contribution is 2.39. The zero-order valence-electron chi connectivity index (χ0n) is 15.5. The van der Waals surface area contributed by atoms with Crippen molar-refractivity contribution in [2.24, 2.45) is 0 Å². The summed E-state index contributed by atoms with van der Waals surface area (Å²) in [7, 11) is 0. The van der Waals surface area contributed by atoms with E-state index in [0.717, 1.165) is 12.1 Å². The first-order valence-corrected chi connectivity index (χ1v) is 8.73. The second-order valence-corrected chi connectivity index (χ2v) is 6.31. The van der Waals surface area contributed by atoms with E-state index in [-0.39, 0.29) is 11.6 Å². The van der Waals surface area contributed by atoms with E-state index in [2.05, 4.69) is 25.3 Å². The molecule has 0 bridgehead atoms. The Morgan fingerprint density at radius 3 is 2.52 bits per heavy atom. The number of alkyl halides is 3. The lowest BCUT2D eigenvalue weighted by molar-refractivity contribution is -0.137. The van der Waals surface area contributed by atoms with Gasteiger partial charge < -0.3 is 4.74 Å². The van der Waals surface area contributed by atoms with Crippen molar-refractivity contribution in [2.75, 3.05) is 0 Å². The molecule has 0 N–H and O–H groups in total. The molecule has 0 aliphatic carbocycles. The molecule has 0 atom stereocenters. The highest BCUT2D eigenvalue weighted by molar-refractivity contribution is 5.70. The minimum Gasteiger partial charge on any atom is -0.437 e. The molecule has 3 heterocycles. The van der Waals surface area contributed by atoms with Crippen molar-refractivity contribution in [1.82, 2.24) is 29.8 Å². The van der Waals surface area contributed by atoms with Crippen LogP contribution in [0.3, 0.4) is 0 Å². The molecule has 0 aliphatic rings. The third kappa shape index (κ3) is 3.60. The fraction of sp³-hybridized carbons (Fsp3) is 0.211. The molecule has 148 valence electrons. The number of benzene rings is 1. The summed E-state index contributed by atoms with van der Waals surface area (Å²) in [5.41, 5.74) is 1.26. The van der Waals surface area contributed by atoms with E-state index in [0.29, 0.717) is 34.6 Å². The van der Waals surface area contributed by atoms with Crippen LogP contribution >= 0.6 is 0 Å². The van der Waals surface area contributed by atoms with Gasteiger partial charge in [-0.15, -0.1) is 15.3 Å². The number of halogens is 3. The molecule has 3 aromatic heterocycles. The number of nitrogens with zero attached hydrogens (tertiary/aromatic N) is 6. The first-order valence-electron chi connectivity index (χ1n) is 8.73. The molecular formula is C19H15F3N6O. The van der Waals surface area contributed by atoms with Gasteiger partial charge in [-0.1, -0.05) is 6.92 Å². The molecule has 0 fully saturated rings. The van der Waals surface area contributed by atoms with Gasteiger partial charge >= 0.3 is 6.18 Å². The summed E-state index contributed by atoms with van der Waals surface area (Å²) in [5, 5.41) is 12.5. The van der Waals surface area contributed by atoms with Gasteiger partial charge in [0.15, 0.2) is 11.5 Å². The second-order valence-electron chi connectivity index (χ2n) is 6.31. The molecule has 4 rings (SSSR count). The number of hydrogen-bond acceptors (Lipinski definition) is 6. The Labute approximate surface area is 163 Å². The average molecular weight is 400 g/mol. The van der Waals surface area contributed by atoms with Gasteiger partial charge in [-0.05, 0) is 31.2 Å². The molecule has 4 aromatic rings. The van der Waals surface area contributed by atoms with E-state index in [9.17, 15) is 13.2 Å². The Balaban J connectivity index is 1.85. The normalized spacial score (nSPS) is 11.8. The fourth-order valence-corrected chi connectivity index (χ4v) is 2.84. The van der Waals surface area contributed by atoms with Gasteiger partial charge in [0, 0.05) is 35.5 Å². The van der Waals surface area contributed by atoms with Crippen molar-refractivity contribution >= 4 is 5.65 Å². The topological polar surface area (TPSA) is 78.1 Å². The lowest BCUT2D eigenvalue weighted by Crippen LogP contribution is -2.06. The molecular weight excluding hydrogens is 385 g/mol. The molecule has 0 radical (unpaired) electrons. The Morgan fingerprint density at radius 2 is 1.83 bits per heavy atom. The highest BCUT2D eigenvalue weighted by Gasteiger charge is 2.31. The van der Waals surface area contributed by atoms with E-state index < -0.39 is 11.7 Å². The van der Waals surface area contributed by atoms with Crippen LogP contribution in [-0.4, -0.2) is 29.8 Å². The SMILES string of the molecule is CCc1nnc2cc(C)c(Oc3cc(C(F)(F)F)ccc3-c3cncnc3)nn12. The fourth-order valence-electron chi connectivity index (χ4n) is 2.84. The van der Waals surface area contributed by atoms with Crippen LogP contribution < -0.4 is 4.74 Å². The van der Waals surface area contributed by atoms with Crippen molar-refractivity contribution in [3.8, 4) is 22.8 Å². The summed E-state index contributed by atoms with van der Waals surface area (Å²) < 4.78 is 47.2. The Hall–Kier alpha value is -3.56. The summed E-state index contributed by atoms with van der Waals surface area (Å²) in [6, 6.07) is 4.99. The van der Waals surface area contributed by atoms with Crippen LogP contribution in [0.15, 0.2) is 43.0 Å². The van der Waals surface area contributed by atoms with E-state index in [4.69, 9.17) is 4.74 Å². The minimum absolute atomic E-state index is 0.00398. The standard InChI is InChI=1S/C19H15F3N6O/c1-3-16-25-26-17-6-11(2)18(27-28(16)17)29-15-7-13(19(20,21)22)4-5-14(15)12-8-23-10-24-9-12/h4-10H,3H2,1-2H3. The van der Waals surface area contributed by atoms with E-state index >= 15 is 0 Å². The predicted octanol–water partition coefficient (Wildman–Crippen LogP) is 4.26. The second kappa shape index (κ2) is 7.12. The van der Waals surface area contributed by atoms with Crippen LogP contribution in [0.1, 0.15) is 23.9 Å². The smallest absolute Gasteiger partial charge is 0.416 e. The third-order valence-electron chi connectivity index (χ3n) is 4.31. The van der Waals surface area contributed by atoms with Gasteiger partial charge in [0.2, 0.25) is 5.88 Å². The molecule has 10 heteroatoms. The molecule has 29 heavy (non-hydrogen) atoms. The Bertz CT molecular complexity index is 1170. The molecule has 0 spiro atoms. The number of fused-ring (bicyclic) bond motifs is 1. The van der Waals surface area contributed by atoms with Crippen molar-refractivity contribution in [3.05, 3.63) is 59.9 Å². The maximum atomic E-state index is 13.3. The quantitative estimate of drug-likeness (QED) is 0.509. The van der Waals surface area contributed by atoms with Crippen molar-refractivity contribution in [3.63, 3.8) is 0 Å². The zero-order valence-corrected chi connectivity index (χ0v) is 15.5. The minimum atomic E-state index is -4.51. The zero-order chi connectivity index (χ0) is 20.6. The largest absolute Gasteiger partial charge is 0.437 e.